The average Bonchev–Trinajstić information content (AvgIpc) is 2.05. The Labute approximate surface area is 70.5 Å². The molecule has 0 aliphatic heterocycles. The summed E-state index contributed by atoms with van der Waals surface area (Å²) in [5, 5.41) is 19.9. The summed E-state index contributed by atoms with van der Waals surface area (Å²) in [6.45, 7) is -0.259. The molecule has 6 nitrogen and oxygen atoms in total. The lowest BCUT2D eigenvalue weighted by atomic mass is 10.2. The first-order valence-corrected chi connectivity index (χ1v) is 3.61. The highest BCUT2D eigenvalue weighted by Crippen LogP contribution is 1.80. The highest BCUT2D eigenvalue weighted by molar-refractivity contribution is 5.79. The second-order valence-corrected chi connectivity index (χ2v) is 2.48. The smallest absolute Gasteiger partial charge is 0.235 e. The highest BCUT2D eigenvalue weighted by atomic mass is 16.3. The molecule has 0 rings (SSSR count). The van der Waals surface area contributed by atoms with Gasteiger partial charge in [-0.25, -0.2) is 0 Å². The summed E-state index contributed by atoms with van der Waals surface area (Å²) in [5.41, 5.74) is 10.2. The van der Waals surface area contributed by atoms with Crippen molar-refractivity contribution in [1.29, 1.82) is 0 Å². The molecule has 0 saturated heterocycles. The van der Waals surface area contributed by atoms with Crippen LogP contribution in [0, 0.1) is 0 Å². The van der Waals surface area contributed by atoms with Crippen LogP contribution in [-0.4, -0.2) is 48.0 Å². The van der Waals surface area contributed by atoms with Crippen molar-refractivity contribution in [3.8, 4) is 0 Å². The van der Waals surface area contributed by atoms with Crippen LogP contribution in [0.1, 0.15) is 0 Å². The number of hydrogen-bond acceptors (Lipinski definition) is 5. The van der Waals surface area contributed by atoms with Gasteiger partial charge in [0.25, 0.3) is 0 Å². The van der Waals surface area contributed by atoms with Gasteiger partial charge in [0.1, 0.15) is 0 Å². The molecule has 0 spiro atoms. The Hall–Kier alpha value is -0.690. The predicted molar refractivity (Wildman–Crippen MR) is 43.1 cm³/mol. The minimum atomic E-state index is -0.786. The van der Waals surface area contributed by atoms with Gasteiger partial charge in [-0.3, -0.25) is 4.79 Å². The normalized spacial score (nSPS) is 13.3. The van der Waals surface area contributed by atoms with E-state index in [1.165, 1.54) is 0 Å². The van der Waals surface area contributed by atoms with Crippen LogP contribution in [0.5, 0.6) is 0 Å². The van der Waals surface area contributed by atoms with Gasteiger partial charge in [0.05, 0.1) is 25.3 Å². The number of amides is 1. The molecule has 12 heavy (non-hydrogen) atoms. The van der Waals surface area contributed by atoms with Gasteiger partial charge in [0.2, 0.25) is 5.91 Å². The van der Waals surface area contributed by atoms with Gasteiger partial charge >= 0.3 is 0 Å². The van der Waals surface area contributed by atoms with Crippen LogP contribution >= 0.6 is 0 Å². The summed E-state index contributed by atoms with van der Waals surface area (Å²) >= 11 is 0. The minimum absolute atomic E-state index is 0.154. The van der Waals surface area contributed by atoms with E-state index < -0.39 is 18.0 Å². The first-order valence-electron chi connectivity index (χ1n) is 3.61. The maximum Gasteiger partial charge on any atom is 0.235 e. The molecule has 72 valence electrons. The van der Waals surface area contributed by atoms with Gasteiger partial charge in [-0.05, 0) is 0 Å². The summed E-state index contributed by atoms with van der Waals surface area (Å²) in [4.78, 5) is 10.4. The van der Waals surface area contributed by atoms with Gasteiger partial charge < -0.3 is 27.0 Å². The van der Waals surface area contributed by atoms with Gasteiger partial charge in [-0.15, -0.1) is 0 Å². The first-order chi connectivity index (χ1) is 5.61. The number of rotatable bonds is 6. The molecule has 7 N–H and O–H groups in total. The summed E-state index contributed by atoms with van der Waals surface area (Å²) in [5.74, 6) is -0.614. The summed E-state index contributed by atoms with van der Waals surface area (Å²) < 4.78 is 0. The highest BCUT2D eigenvalue weighted by Gasteiger charge is 2.11. The molecule has 1 unspecified atom stereocenters. The number of carbonyl (C=O) groups is 1. The van der Waals surface area contributed by atoms with Gasteiger partial charge in [-0.2, -0.15) is 0 Å². The van der Waals surface area contributed by atoms with Crippen LogP contribution in [0.3, 0.4) is 0 Å². The summed E-state index contributed by atoms with van der Waals surface area (Å²) in [6, 6.07) is -1.24. The third-order valence-electron chi connectivity index (χ3n) is 1.43. The first kappa shape index (κ1) is 11.3. The van der Waals surface area contributed by atoms with Crippen molar-refractivity contribution in [3.05, 3.63) is 0 Å². The Morgan fingerprint density at radius 2 is 1.92 bits per heavy atom. The van der Waals surface area contributed by atoms with Crippen LogP contribution in [-0.2, 0) is 4.79 Å². The van der Waals surface area contributed by atoms with Crippen LogP contribution in [0.15, 0.2) is 0 Å². The Morgan fingerprint density at radius 3 is 2.25 bits per heavy atom. The van der Waals surface area contributed by atoms with Crippen molar-refractivity contribution < 1.29 is 15.0 Å². The fourth-order valence-corrected chi connectivity index (χ4v) is 0.581. The molecule has 0 aromatic carbocycles. The topological polar surface area (TPSA) is 122 Å². The average molecular weight is 177 g/mol. The molecule has 0 heterocycles. The van der Waals surface area contributed by atoms with Crippen LogP contribution in [0.2, 0.25) is 0 Å². The van der Waals surface area contributed by atoms with Crippen LogP contribution in [0.4, 0.5) is 0 Å². The molecule has 1 atom stereocenters. The molecule has 0 bridgehead atoms. The van der Waals surface area contributed by atoms with Crippen LogP contribution in [0.25, 0.3) is 0 Å². The van der Waals surface area contributed by atoms with Crippen LogP contribution < -0.4 is 16.8 Å². The zero-order valence-electron chi connectivity index (χ0n) is 6.73. The molecule has 0 aliphatic rings. The number of aliphatic hydroxyl groups is 2. The van der Waals surface area contributed by atoms with Gasteiger partial charge in [0, 0.05) is 6.54 Å². The van der Waals surface area contributed by atoms with E-state index in [1.807, 2.05) is 0 Å². The molecule has 0 aromatic heterocycles. The molecular weight excluding hydrogens is 162 g/mol. The number of nitrogens with two attached hydrogens (primary N) is 2. The molecular formula is C6H15N3O3. The Kier molecular flexibility index (Phi) is 5.56. The second kappa shape index (κ2) is 5.90. The van der Waals surface area contributed by atoms with Crippen molar-refractivity contribution in [2.75, 3.05) is 19.8 Å². The van der Waals surface area contributed by atoms with E-state index in [1.54, 1.807) is 0 Å². The number of aliphatic hydroxyl groups excluding tert-OH is 2. The maximum atomic E-state index is 10.4. The zero-order valence-corrected chi connectivity index (χ0v) is 6.73. The SMILES string of the molecule is NC(=O)C(N)CNC(CO)CO. The number of nitrogens with one attached hydrogen (secondary N) is 1. The van der Waals surface area contributed by atoms with Crippen molar-refractivity contribution in [2.45, 2.75) is 12.1 Å². The Balaban J connectivity index is 3.58. The quantitative estimate of drug-likeness (QED) is 0.291. The lowest BCUT2D eigenvalue weighted by Gasteiger charge is -2.15. The molecule has 0 saturated carbocycles. The summed E-state index contributed by atoms with van der Waals surface area (Å²) in [7, 11) is 0. The van der Waals surface area contributed by atoms with E-state index in [0.717, 1.165) is 0 Å². The van der Waals surface area contributed by atoms with E-state index in [2.05, 4.69) is 5.32 Å². The minimum Gasteiger partial charge on any atom is -0.395 e. The monoisotopic (exact) mass is 177 g/mol. The van der Waals surface area contributed by atoms with Gasteiger partial charge in [0.15, 0.2) is 0 Å². The summed E-state index contributed by atoms with van der Waals surface area (Å²) in [6.07, 6.45) is 0. The third kappa shape index (κ3) is 4.24. The second-order valence-electron chi connectivity index (χ2n) is 2.48. The molecule has 0 aromatic rings. The van der Waals surface area contributed by atoms with E-state index >= 15 is 0 Å². The van der Waals surface area contributed by atoms with Crippen molar-refractivity contribution in [2.24, 2.45) is 11.5 Å². The number of primary amides is 1. The van der Waals surface area contributed by atoms with E-state index in [-0.39, 0.29) is 19.8 Å². The fourth-order valence-electron chi connectivity index (χ4n) is 0.581. The Morgan fingerprint density at radius 1 is 1.42 bits per heavy atom. The molecule has 1 amide bonds. The van der Waals surface area contributed by atoms with Gasteiger partial charge in [-0.1, -0.05) is 0 Å². The fraction of sp³-hybridized carbons (Fsp3) is 0.833. The van der Waals surface area contributed by atoms with E-state index in [9.17, 15) is 4.79 Å². The standard InChI is InChI=1S/C6H15N3O3/c7-5(6(8)12)1-9-4(2-10)3-11/h4-5,9-11H,1-3,7H2,(H2,8,12). The lowest BCUT2D eigenvalue weighted by Crippen LogP contribution is -2.48. The van der Waals surface area contributed by atoms with Crippen molar-refractivity contribution >= 4 is 5.91 Å². The van der Waals surface area contributed by atoms with E-state index in [4.69, 9.17) is 21.7 Å². The maximum absolute atomic E-state index is 10.4. The van der Waals surface area contributed by atoms with Crippen molar-refractivity contribution in [1.82, 2.24) is 5.32 Å². The number of hydrogen-bond donors (Lipinski definition) is 5. The number of carbonyl (C=O) groups excluding carboxylic acids is 1. The molecule has 0 aliphatic carbocycles. The third-order valence-corrected chi connectivity index (χ3v) is 1.43. The lowest BCUT2D eigenvalue weighted by molar-refractivity contribution is -0.119. The zero-order chi connectivity index (χ0) is 9.56. The molecule has 0 fully saturated rings. The predicted octanol–water partition coefficient (Wildman–Crippen LogP) is -3.26. The largest absolute Gasteiger partial charge is 0.395 e. The molecule has 0 radical (unpaired) electrons. The Bertz CT molecular complexity index is 138. The molecule has 6 heteroatoms. The van der Waals surface area contributed by atoms with E-state index in [0.29, 0.717) is 0 Å². The van der Waals surface area contributed by atoms with Crippen molar-refractivity contribution in [3.63, 3.8) is 0 Å².